The van der Waals surface area contributed by atoms with E-state index < -0.39 is 5.92 Å². The Morgan fingerprint density at radius 2 is 1.77 bits per heavy atom. The van der Waals surface area contributed by atoms with Crippen LogP contribution in [0.15, 0.2) is 88.8 Å². The lowest BCUT2D eigenvalue weighted by atomic mass is 9.95. The summed E-state index contributed by atoms with van der Waals surface area (Å²) < 4.78 is 18.6. The highest BCUT2D eigenvalue weighted by molar-refractivity contribution is 7.99. The maximum absolute atomic E-state index is 13.0. The summed E-state index contributed by atoms with van der Waals surface area (Å²) in [4.78, 5) is 18.3. The van der Waals surface area contributed by atoms with Gasteiger partial charge >= 0.3 is 5.97 Å². The maximum atomic E-state index is 13.0. The van der Waals surface area contributed by atoms with Crippen molar-refractivity contribution in [1.29, 1.82) is 0 Å². The quantitative estimate of drug-likeness (QED) is 0.395. The highest BCUT2D eigenvalue weighted by Crippen LogP contribution is 2.26. The molecule has 1 heterocycles. The molecular formula is C25H24FNO2S. The van der Waals surface area contributed by atoms with Crippen LogP contribution in [0.25, 0.3) is 6.08 Å². The zero-order valence-corrected chi connectivity index (χ0v) is 17.8. The molecule has 0 N–H and O–H groups in total. The van der Waals surface area contributed by atoms with Crippen LogP contribution in [-0.2, 0) is 16.1 Å². The van der Waals surface area contributed by atoms with Crippen LogP contribution in [0.5, 0.6) is 0 Å². The molecular weight excluding hydrogens is 397 g/mol. The zero-order valence-electron chi connectivity index (χ0n) is 17.0. The molecule has 0 aliphatic rings. The first-order valence-electron chi connectivity index (χ1n) is 9.80. The van der Waals surface area contributed by atoms with E-state index in [1.807, 2.05) is 74.5 Å². The summed E-state index contributed by atoms with van der Waals surface area (Å²) in [6.45, 7) is 4.06. The standard InChI is InChI=1S/C25H24FNO2S/c1-18(2)23(16-13-19-11-14-20(26)15-12-19)25(28)29-17-21-7-6-10-24(27-21)30-22-8-4-3-5-9-22/h3-16,18,23H,17H2,1-2H3. The third kappa shape index (κ3) is 6.56. The van der Waals surface area contributed by atoms with Crippen molar-refractivity contribution in [2.24, 2.45) is 11.8 Å². The molecule has 0 saturated carbocycles. The van der Waals surface area contributed by atoms with Crippen LogP contribution in [-0.4, -0.2) is 11.0 Å². The number of pyridine rings is 1. The molecule has 3 rings (SSSR count). The SMILES string of the molecule is CC(C)C(C=Cc1ccc(F)cc1)C(=O)OCc1cccc(Sc2ccccc2)n1. The number of carbonyl (C=O) groups is 1. The minimum Gasteiger partial charge on any atom is -0.459 e. The lowest BCUT2D eigenvalue weighted by molar-refractivity contribution is -0.149. The van der Waals surface area contributed by atoms with Crippen molar-refractivity contribution in [3.05, 3.63) is 95.9 Å². The van der Waals surface area contributed by atoms with Crippen molar-refractivity contribution in [1.82, 2.24) is 4.98 Å². The van der Waals surface area contributed by atoms with Gasteiger partial charge in [0.25, 0.3) is 0 Å². The topological polar surface area (TPSA) is 39.2 Å². The van der Waals surface area contributed by atoms with E-state index >= 15 is 0 Å². The predicted molar refractivity (Wildman–Crippen MR) is 118 cm³/mol. The molecule has 0 aliphatic carbocycles. The van der Waals surface area contributed by atoms with Crippen LogP contribution in [0, 0.1) is 17.7 Å². The molecule has 0 aliphatic heterocycles. The number of hydrogen-bond donors (Lipinski definition) is 0. The second-order valence-corrected chi connectivity index (χ2v) is 8.26. The van der Waals surface area contributed by atoms with Crippen LogP contribution < -0.4 is 0 Å². The van der Waals surface area contributed by atoms with Crippen LogP contribution in [0.1, 0.15) is 25.1 Å². The third-order valence-electron chi connectivity index (χ3n) is 4.47. The Hall–Kier alpha value is -2.92. The normalized spacial score (nSPS) is 12.3. The van der Waals surface area contributed by atoms with Gasteiger partial charge in [-0.25, -0.2) is 9.37 Å². The second-order valence-electron chi connectivity index (χ2n) is 7.17. The molecule has 1 unspecified atom stereocenters. The van der Waals surface area contributed by atoms with E-state index in [0.29, 0.717) is 5.69 Å². The van der Waals surface area contributed by atoms with Gasteiger partial charge < -0.3 is 4.74 Å². The van der Waals surface area contributed by atoms with Crippen molar-refractivity contribution in [3.63, 3.8) is 0 Å². The molecule has 0 spiro atoms. The molecule has 2 aromatic carbocycles. The number of ether oxygens (including phenoxy) is 1. The molecule has 0 radical (unpaired) electrons. The van der Waals surface area contributed by atoms with Crippen LogP contribution >= 0.6 is 11.8 Å². The van der Waals surface area contributed by atoms with Crippen LogP contribution in [0.4, 0.5) is 4.39 Å². The number of rotatable bonds is 8. The number of nitrogens with zero attached hydrogens (tertiary/aromatic N) is 1. The highest BCUT2D eigenvalue weighted by atomic mass is 32.2. The van der Waals surface area contributed by atoms with Crippen LogP contribution in [0.2, 0.25) is 0 Å². The molecule has 30 heavy (non-hydrogen) atoms. The largest absolute Gasteiger partial charge is 0.459 e. The number of esters is 1. The Labute approximate surface area is 181 Å². The Balaban J connectivity index is 1.61. The monoisotopic (exact) mass is 421 g/mol. The third-order valence-corrected chi connectivity index (χ3v) is 5.41. The van der Waals surface area contributed by atoms with E-state index in [1.54, 1.807) is 23.9 Å². The van der Waals surface area contributed by atoms with Crippen molar-refractivity contribution in [2.45, 2.75) is 30.4 Å². The Morgan fingerprint density at radius 1 is 1.03 bits per heavy atom. The molecule has 3 nitrogen and oxygen atoms in total. The molecule has 0 fully saturated rings. The fraction of sp³-hybridized carbons (Fsp3) is 0.200. The summed E-state index contributed by atoms with van der Waals surface area (Å²) >= 11 is 1.56. The van der Waals surface area contributed by atoms with Crippen molar-refractivity contribution >= 4 is 23.8 Å². The Kier molecular flexibility index (Phi) is 7.80. The Morgan fingerprint density at radius 3 is 2.47 bits per heavy atom. The van der Waals surface area contributed by atoms with Gasteiger partial charge in [-0.3, -0.25) is 4.79 Å². The van der Waals surface area contributed by atoms with E-state index in [1.165, 1.54) is 12.1 Å². The molecule has 0 amide bonds. The molecule has 0 saturated heterocycles. The van der Waals surface area contributed by atoms with Crippen molar-refractivity contribution in [3.8, 4) is 0 Å². The molecule has 1 atom stereocenters. The van der Waals surface area contributed by atoms with Gasteiger partial charge in [-0.1, -0.05) is 74.2 Å². The van der Waals surface area contributed by atoms with E-state index in [2.05, 4.69) is 4.98 Å². The zero-order chi connectivity index (χ0) is 21.3. The van der Waals surface area contributed by atoms with E-state index in [9.17, 15) is 9.18 Å². The molecule has 0 bridgehead atoms. The maximum Gasteiger partial charge on any atom is 0.313 e. The van der Waals surface area contributed by atoms with E-state index in [-0.39, 0.29) is 24.3 Å². The first-order chi connectivity index (χ1) is 14.5. The number of halogens is 1. The number of hydrogen-bond acceptors (Lipinski definition) is 4. The van der Waals surface area contributed by atoms with Gasteiger partial charge in [0.15, 0.2) is 0 Å². The van der Waals surface area contributed by atoms with Gasteiger partial charge in [-0.15, -0.1) is 0 Å². The van der Waals surface area contributed by atoms with Gasteiger partial charge in [0.2, 0.25) is 0 Å². The van der Waals surface area contributed by atoms with Gasteiger partial charge in [0, 0.05) is 4.90 Å². The number of aromatic nitrogens is 1. The number of carbonyl (C=O) groups excluding carboxylic acids is 1. The molecule has 154 valence electrons. The van der Waals surface area contributed by atoms with Gasteiger partial charge in [-0.05, 0) is 47.9 Å². The van der Waals surface area contributed by atoms with E-state index in [0.717, 1.165) is 15.5 Å². The van der Waals surface area contributed by atoms with Crippen LogP contribution in [0.3, 0.4) is 0 Å². The lowest BCUT2D eigenvalue weighted by Gasteiger charge is -2.16. The summed E-state index contributed by atoms with van der Waals surface area (Å²) in [6.07, 6.45) is 3.64. The Bertz CT molecular complexity index is 988. The highest BCUT2D eigenvalue weighted by Gasteiger charge is 2.21. The van der Waals surface area contributed by atoms with E-state index in [4.69, 9.17) is 4.74 Å². The second kappa shape index (κ2) is 10.7. The van der Waals surface area contributed by atoms with Crippen molar-refractivity contribution < 1.29 is 13.9 Å². The number of benzene rings is 2. The average molecular weight is 422 g/mol. The summed E-state index contributed by atoms with van der Waals surface area (Å²) in [5, 5.41) is 0.853. The lowest BCUT2D eigenvalue weighted by Crippen LogP contribution is -2.21. The average Bonchev–Trinajstić information content (AvgIpc) is 2.74. The fourth-order valence-corrected chi connectivity index (χ4v) is 3.65. The smallest absolute Gasteiger partial charge is 0.313 e. The minimum atomic E-state index is -0.392. The summed E-state index contributed by atoms with van der Waals surface area (Å²) in [6, 6.07) is 21.8. The first-order valence-corrected chi connectivity index (χ1v) is 10.6. The molecule has 5 heteroatoms. The van der Waals surface area contributed by atoms with Crippen molar-refractivity contribution in [2.75, 3.05) is 0 Å². The molecule has 1 aromatic heterocycles. The predicted octanol–water partition coefficient (Wildman–Crippen LogP) is 6.40. The van der Waals surface area contributed by atoms with Gasteiger partial charge in [0.1, 0.15) is 17.5 Å². The minimum absolute atomic E-state index is 0.0714. The van der Waals surface area contributed by atoms with Gasteiger partial charge in [0.05, 0.1) is 11.6 Å². The molecule has 3 aromatic rings. The summed E-state index contributed by atoms with van der Waals surface area (Å²) in [5.41, 5.74) is 1.54. The summed E-state index contributed by atoms with van der Waals surface area (Å²) in [5.74, 6) is -0.905. The fourth-order valence-electron chi connectivity index (χ4n) is 2.81. The summed E-state index contributed by atoms with van der Waals surface area (Å²) in [7, 11) is 0. The first kappa shape index (κ1) is 21.8. The van der Waals surface area contributed by atoms with Gasteiger partial charge in [-0.2, -0.15) is 0 Å².